The van der Waals surface area contributed by atoms with Gasteiger partial charge in [0.25, 0.3) is 0 Å². The number of rotatable bonds is 8. The number of hydrogen-bond acceptors (Lipinski definition) is 4. The van der Waals surface area contributed by atoms with Crippen LogP contribution in [0.5, 0.6) is 0 Å². The van der Waals surface area contributed by atoms with Gasteiger partial charge in [-0.2, -0.15) is 0 Å². The summed E-state index contributed by atoms with van der Waals surface area (Å²) in [4.78, 5) is 12.2. The highest BCUT2D eigenvalue weighted by atomic mass is 16.5. The monoisotopic (exact) mass is 285 g/mol. The molecule has 1 aliphatic rings. The van der Waals surface area contributed by atoms with E-state index in [2.05, 4.69) is 24.3 Å². The van der Waals surface area contributed by atoms with Crippen LogP contribution in [0.3, 0.4) is 0 Å². The third kappa shape index (κ3) is 4.10. The van der Waals surface area contributed by atoms with Crippen molar-refractivity contribution in [3.05, 3.63) is 0 Å². The highest BCUT2D eigenvalue weighted by molar-refractivity contribution is 6.07. The van der Waals surface area contributed by atoms with Crippen LogP contribution in [0.15, 0.2) is 5.16 Å². The molecular weight excluding hydrogens is 258 g/mol. The van der Waals surface area contributed by atoms with Crippen molar-refractivity contribution in [2.75, 3.05) is 19.8 Å². The molecule has 1 amide bonds. The fourth-order valence-corrected chi connectivity index (χ4v) is 2.56. The maximum atomic E-state index is 12.2. The lowest BCUT2D eigenvalue weighted by Gasteiger charge is -2.43. The van der Waals surface area contributed by atoms with Crippen molar-refractivity contribution in [1.82, 2.24) is 5.32 Å². The number of hydrogen-bond donors (Lipinski definition) is 3. The summed E-state index contributed by atoms with van der Waals surface area (Å²) in [5.41, 5.74) is 4.84. The Morgan fingerprint density at radius 3 is 2.65 bits per heavy atom. The van der Waals surface area contributed by atoms with Crippen LogP contribution in [0.25, 0.3) is 0 Å². The molecule has 6 heteroatoms. The van der Waals surface area contributed by atoms with Crippen molar-refractivity contribution in [1.29, 1.82) is 0 Å². The predicted octanol–water partition coefficient (Wildman–Crippen LogP) is 1.33. The summed E-state index contributed by atoms with van der Waals surface area (Å²) in [5, 5.41) is 14.7. The van der Waals surface area contributed by atoms with Gasteiger partial charge in [0.05, 0.1) is 6.61 Å². The Labute approximate surface area is 120 Å². The van der Waals surface area contributed by atoms with Crippen LogP contribution in [0.4, 0.5) is 0 Å². The van der Waals surface area contributed by atoms with E-state index in [-0.39, 0.29) is 11.7 Å². The van der Waals surface area contributed by atoms with E-state index >= 15 is 0 Å². The molecule has 0 unspecified atom stereocenters. The molecule has 0 saturated heterocycles. The zero-order chi connectivity index (χ0) is 15.2. The predicted molar refractivity (Wildman–Crippen MR) is 77.5 cm³/mol. The lowest BCUT2D eigenvalue weighted by Crippen LogP contribution is -2.57. The number of nitrogens with zero attached hydrogens (tertiary/aromatic N) is 1. The molecule has 0 aromatic carbocycles. The van der Waals surface area contributed by atoms with Gasteiger partial charge in [0, 0.05) is 13.2 Å². The Kier molecular flexibility index (Phi) is 6.26. The van der Waals surface area contributed by atoms with E-state index in [1.54, 1.807) is 0 Å². The number of oxime groups is 1. The summed E-state index contributed by atoms with van der Waals surface area (Å²) >= 11 is 0. The maximum Gasteiger partial charge on any atom is 0.234 e. The van der Waals surface area contributed by atoms with Crippen molar-refractivity contribution in [3.63, 3.8) is 0 Å². The molecule has 1 aliphatic carbocycles. The quantitative estimate of drug-likeness (QED) is 0.206. The average molecular weight is 285 g/mol. The molecule has 1 rings (SSSR count). The van der Waals surface area contributed by atoms with Crippen LogP contribution in [-0.2, 0) is 9.53 Å². The number of amidine groups is 1. The normalized spacial score (nSPS) is 26.4. The number of carbonyl (C=O) groups excluding carboxylic acids is 1. The molecule has 0 radical (unpaired) electrons. The lowest BCUT2D eigenvalue weighted by molar-refractivity contribution is -0.133. The first-order chi connectivity index (χ1) is 9.42. The molecule has 4 N–H and O–H groups in total. The van der Waals surface area contributed by atoms with Gasteiger partial charge >= 0.3 is 0 Å². The zero-order valence-electron chi connectivity index (χ0n) is 12.7. The minimum absolute atomic E-state index is 0.00817. The van der Waals surface area contributed by atoms with Crippen LogP contribution in [-0.4, -0.2) is 36.7 Å². The second-order valence-corrected chi connectivity index (χ2v) is 6.13. The molecule has 0 spiro atoms. The number of ether oxygens (including phenoxy) is 1. The summed E-state index contributed by atoms with van der Waals surface area (Å²) in [7, 11) is 0. The van der Waals surface area contributed by atoms with Crippen LogP contribution in [0, 0.1) is 17.3 Å². The fourth-order valence-electron chi connectivity index (χ4n) is 2.56. The largest absolute Gasteiger partial charge is 0.409 e. The molecule has 0 aromatic rings. The van der Waals surface area contributed by atoms with Gasteiger partial charge in [0.15, 0.2) is 5.84 Å². The molecule has 6 nitrogen and oxygen atoms in total. The van der Waals surface area contributed by atoms with Gasteiger partial charge in [-0.25, -0.2) is 0 Å². The Morgan fingerprint density at radius 2 is 2.15 bits per heavy atom. The Morgan fingerprint density at radius 1 is 1.50 bits per heavy atom. The van der Waals surface area contributed by atoms with E-state index in [0.29, 0.717) is 44.4 Å². The molecule has 0 aromatic heterocycles. The van der Waals surface area contributed by atoms with Crippen LogP contribution in [0.2, 0.25) is 0 Å². The first kappa shape index (κ1) is 16.8. The van der Waals surface area contributed by atoms with Gasteiger partial charge in [-0.3, -0.25) is 4.79 Å². The summed E-state index contributed by atoms with van der Waals surface area (Å²) in [6.07, 6.45) is 2.27. The van der Waals surface area contributed by atoms with Crippen molar-refractivity contribution in [2.24, 2.45) is 28.1 Å². The van der Waals surface area contributed by atoms with Gasteiger partial charge in [-0.05, 0) is 31.1 Å². The SMILES string of the molecule is CC(C)CCOCCNC(=O)C1(C(N)=NO)CC(C)C1. The van der Waals surface area contributed by atoms with Crippen LogP contribution >= 0.6 is 0 Å². The van der Waals surface area contributed by atoms with Gasteiger partial charge in [0.1, 0.15) is 5.41 Å². The number of nitrogens with two attached hydrogens (primary N) is 1. The van der Waals surface area contributed by atoms with E-state index in [0.717, 1.165) is 6.42 Å². The molecule has 0 bridgehead atoms. The summed E-state index contributed by atoms with van der Waals surface area (Å²) in [5.74, 6) is 0.875. The maximum absolute atomic E-state index is 12.2. The average Bonchev–Trinajstić information content (AvgIpc) is 2.37. The summed E-state index contributed by atoms with van der Waals surface area (Å²) in [6.45, 7) is 7.97. The Bertz CT molecular complexity index is 350. The first-order valence-corrected chi connectivity index (χ1v) is 7.26. The fraction of sp³-hybridized carbons (Fsp3) is 0.857. The molecule has 0 heterocycles. The molecule has 0 aliphatic heterocycles. The molecule has 0 atom stereocenters. The summed E-state index contributed by atoms with van der Waals surface area (Å²) < 4.78 is 5.44. The number of amides is 1. The zero-order valence-corrected chi connectivity index (χ0v) is 12.7. The van der Waals surface area contributed by atoms with Crippen LogP contribution < -0.4 is 11.1 Å². The third-order valence-electron chi connectivity index (χ3n) is 3.80. The van der Waals surface area contributed by atoms with E-state index in [1.165, 1.54) is 0 Å². The van der Waals surface area contributed by atoms with Gasteiger partial charge in [-0.15, -0.1) is 0 Å². The third-order valence-corrected chi connectivity index (χ3v) is 3.80. The number of carbonyl (C=O) groups is 1. The summed E-state index contributed by atoms with van der Waals surface area (Å²) in [6, 6.07) is 0. The van der Waals surface area contributed by atoms with Crippen molar-refractivity contribution < 1.29 is 14.7 Å². The van der Waals surface area contributed by atoms with Gasteiger partial charge < -0.3 is 21.0 Å². The van der Waals surface area contributed by atoms with Gasteiger partial charge in [-0.1, -0.05) is 25.9 Å². The van der Waals surface area contributed by atoms with E-state index in [9.17, 15) is 4.79 Å². The molecular formula is C14H27N3O3. The standard InChI is InChI=1S/C14H27N3O3/c1-10(2)4-6-20-7-5-16-13(18)14(12(15)17-19)8-11(3)9-14/h10-11,19H,4-9H2,1-3H3,(H2,15,17)(H,16,18). The molecule has 1 fully saturated rings. The lowest BCUT2D eigenvalue weighted by atomic mass is 9.61. The first-order valence-electron chi connectivity index (χ1n) is 7.26. The molecule has 1 saturated carbocycles. The minimum atomic E-state index is -0.827. The molecule has 116 valence electrons. The topological polar surface area (TPSA) is 96.9 Å². The van der Waals surface area contributed by atoms with E-state index in [4.69, 9.17) is 15.7 Å². The number of nitrogens with one attached hydrogen (secondary N) is 1. The van der Waals surface area contributed by atoms with E-state index < -0.39 is 5.41 Å². The van der Waals surface area contributed by atoms with E-state index in [1.807, 2.05) is 6.92 Å². The van der Waals surface area contributed by atoms with Gasteiger partial charge in [0.2, 0.25) is 5.91 Å². The molecule has 20 heavy (non-hydrogen) atoms. The highest BCUT2D eigenvalue weighted by Gasteiger charge is 2.51. The second-order valence-electron chi connectivity index (χ2n) is 6.13. The highest BCUT2D eigenvalue weighted by Crippen LogP contribution is 2.45. The van der Waals surface area contributed by atoms with Crippen LogP contribution in [0.1, 0.15) is 40.0 Å². The van der Waals surface area contributed by atoms with Crippen molar-refractivity contribution >= 4 is 11.7 Å². The smallest absolute Gasteiger partial charge is 0.234 e. The second kappa shape index (κ2) is 7.47. The minimum Gasteiger partial charge on any atom is -0.409 e. The van der Waals surface area contributed by atoms with Crippen molar-refractivity contribution in [2.45, 2.75) is 40.0 Å². The Hall–Kier alpha value is -1.30. The van der Waals surface area contributed by atoms with Crippen molar-refractivity contribution in [3.8, 4) is 0 Å². The Balaban J connectivity index is 2.31.